The molecule has 0 bridgehead atoms. The second-order valence-electron chi connectivity index (χ2n) is 2.72. The Labute approximate surface area is 131 Å². The standard InChI is InChI=1S/C8H4Cl6S2/c9-5-3(1-15-13)4(2-16-14)6(10)8(12)7(5)11/h1-2H2. The van der Waals surface area contributed by atoms with Crippen molar-refractivity contribution in [1.29, 1.82) is 0 Å². The zero-order chi connectivity index (χ0) is 12.3. The van der Waals surface area contributed by atoms with Gasteiger partial charge in [-0.1, -0.05) is 68.4 Å². The van der Waals surface area contributed by atoms with Gasteiger partial charge in [0.05, 0.1) is 20.1 Å². The lowest BCUT2D eigenvalue weighted by Crippen LogP contribution is -1.95. The van der Waals surface area contributed by atoms with Gasteiger partial charge in [-0.25, -0.2) is 0 Å². The molecule has 0 aliphatic heterocycles. The first-order valence-electron chi connectivity index (χ1n) is 3.85. The van der Waals surface area contributed by atoms with Crippen molar-refractivity contribution in [3.63, 3.8) is 0 Å². The van der Waals surface area contributed by atoms with Gasteiger partial charge in [-0.3, -0.25) is 0 Å². The van der Waals surface area contributed by atoms with Crippen molar-refractivity contribution in [3.8, 4) is 0 Å². The number of hydrogen-bond acceptors (Lipinski definition) is 2. The molecule has 0 aliphatic rings. The Morgan fingerprint density at radius 1 is 0.625 bits per heavy atom. The third-order valence-electron chi connectivity index (χ3n) is 1.87. The van der Waals surface area contributed by atoms with Crippen molar-refractivity contribution in [2.45, 2.75) is 11.5 Å². The Bertz CT molecular complexity index is 358. The van der Waals surface area contributed by atoms with Crippen LogP contribution in [0.25, 0.3) is 0 Å². The highest BCUT2D eigenvalue weighted by Crippen LogP contribution is 2.44. The van der Waals surface area contributed by atoms with Crippen LogP contribution in [0, 0.1) is 0 Å². The minimum absolute atomic E-state index is 0.248. The first-order chi connectivity index (χ1) is 7.54. The molecular formula is C8H4Cl6S2. The molecule has 0 heterocycles. The number of hydrogen-bond donors (Lipinski definition) is 0. The molecule has 0 aromatic heterocycles. The van der Waals surface area contributed by atoms with Crippen molar-refractivity contribution in [2.75, 3.05) is 0 Å². The first kappa shape index (κ1) is 15.7. The molecule has 1 aromatic carbocycles. The molecule has 90 valence electrons. The molecule has 0 N–H and O–H groups in total. The van der Waals surface area contributed by atoms with Gasteiger partial charge in [0.25, 0.3) is 0 Å². The van der Waals surface area contributed by atoms with E-state index in [4.69, 9.17) is 67.8 Å². The minimum atomic E-state index is 0.248. The van der Waals surface area contributed by atoms with Crippen molar-refractivity contribution < 1.29 is 0 Å². The molecule has 0 aliphatic carbocycles. The quantitative estimate of drug-likeness (QED) is 0.407. The monoisotopic (exact) mass is 374 g/mol. The summed E-state index contributed by atoms with van der Waals surface area (Å²) in [6, 6.07) is 0. The van der Waals surface area contributed by atoms with Gasteiger partial charge in [0, 0.05) is 11.5 Å². The molecule has 16 heavy (non-hydrogen) atoms. The third-order valence-corrected chi connectivity index (χ3v) is 5.20. The van der Waals surface area contributed by atoms with Gasteiger partial charge in [-0.15, -0.1) is 0 Å². The van der Waals surface area contributed by atoms with E-state index in [1.54, 1.807) is 0 Å². The normalized spacial score (nSPS) is 10.9. The average molecular weight is 377 g/mol. The summed E-state index contributed by atoms with van der Waals surface area (Å²) in [7, 11) is 13.5. The summed E-state index contributed by atoms with van der Waals surface area (Å²) in [5.41, 5.74) is 1.54. The van der Waals surface area contributed by atoms with Gasteiger partial charge >= 0.3 is 0 Å². The van der Waals surface area contributed by atoms with Crippen LogP contribution in [-0.2, 0) is 11.5 Å². The van der Waals surface area contributed by atoms with E-state index in [9.17, 15) is 0 Å². The second-order valence-corrected chi connectivity index (χ2v) is 6.55. The molecular weight excluding hydrogens is 373 g/mol. The summed E-state index contributed by atoms with van der Waals surface area (Å²) in [6.07, 6.45) is 0. The molecule has 0 amide bonds. The maximum atomic E-state index is 6.09. The van der Waals surface area contributed by atoms with Gasteiger partial charge in [-0.05, 0) is 32.5 Å². The van der Waals surface area contributed by atoms with Crippen LogP contribution in [0.4, 0.5) is 0 Å². The highest BCUT2D eigenvalue weighted by Gasteiger charge is 2.19. The third kappa shape index (κ3) is 3.36. The Morgan fingerprint density at radius 2 is 0.938 bits per heavy atom. The molecule has 0 unspecified atom stereocenters. The second kappa shape index (κ2) is 7.30. The topological polar surface area (TPSA) is 0 Å². The van der Waals surface area contributed by atoms with Crippen LogP contribution >= 0.6 is 89.7 Å². The van der Waals surface area contributed by atoms with E-state index in [0.29, 0.717) is 21.6 Å². The fourth-order valence-corrected chi connectivity index (χ4v) is 3.87. The highest BCUT2D eigenvalue weighted by atomic mass is 35.7. The highest BCUT2D eigenvalue weighted by molar-refractivity contribution is 8.20. The number of halogens is 6. The molecule has 0 fully saturated rings. The van der Waals surface area contributed by atoms with E-state index >= 15 is 0 Å². The van der Waals surface area contributed by atoms with E-state index in [1.807, 2.05) is 0 Å². The lowest BCUT2D eigenvalue weighted by atomic mass is 10.1. The minimum Gasteiger partial charge on any atom is -0.0823 e. The van der Waals surface area contributed by atoms with Crippen LogP contribution in [0.5, 0.6) is 0 Å². The summed E-state index contributed by atoms with van der Waals surface area (Å²) < 4.78 is 0. The van der Waals surface area contributed by atoms with Crippen LogP contribution in [0.3, 0.4) is 0 Å². The SMILES string of the molecule is ClSCc1c(Cl)c(Cl)c(Cl)c(Cl)c1CSCl. The van der Waals surface area contributed by atoms with Gasteiger partial charge in [0.15, 0.2) is 0 Å². The maximum Gasteiger partial charge on any atom is 0.0797 e. The summed E-state index contributed by atoms with van der Waals surface area (Å²) in [5, 5.41) is 1.25. The largest absolute Gasteiger partial charge is 0.0823 e. The van der Waals surface area contributed by atoms with Crippen LogP contribution in [0.1, 0.15) is 11.1 Å². The molecule has 8 heteroatoms. The Kier molecular flexibility index (Phi) is 7.17. The Hall–Kier alpha value is 1.66. The molecule has 0 saturated heterocycles. The van der Waals surface area contributed by atoms with E-state index in [1.165, 1.54) is 0 Å². The van der Waals surface area contributed by atoms with E-state index < -0.39 is 0 Å². The van der Waals surface area contributed by atoms with Crippen molar-refractivity contribution in [3.05, 3.63) is 31.2 Å². The van der Waals surface area contributed by atoms with Gasteiger partial charge < -0.3 is 0 Å². The molecule has 1 rings (SSSR count). The van der Waals surface area contributed by atoms with Crippen LogP contribution in [0.2, 0.25) is 20.1 Å². The van der Waals surface area contributed by atoms with Crippen LogP contribution in [0.15, 0.2) is 0 Å². The van der Waals surface area contributed by atoms with Gasteiger partial charge in [0.1, 0.15) is 0 Å². The molecule has 0 radical (unpaired) electrons. The first-order valence-corrected chi connectivity index (χ1v) is 8.98. The fourth-order valence-electron chi connectivity index (χ4n) is 1.13. The van der Waals surface area contributed by atoms with Gasteiger partial charge in [-0.2, -0.15) is 0 Å². The summed E-state index contributed by atoms with van der Waals surface area (Å²) in [4.78, 5) is 0. The summed E-state index contributed by atoms with van der Waals surface area (Å²) >= 11 is 24.1. The maximum absolute atomic E-state index is 6.09. The smallest absolute Gasteiger partial charge is 0.0797 e. The zero-order valence-electron chi connectivity index (χ0n) is 7.50. The van der Waals surface area contributed by atoms with Crippen LogP contribution in [-0.4, -0.2) is 0 Å². The Morgan fingerprint density at radius 3 is 1.19 bits per heavy atom. The molecule has 0 saturated carbocycles. The van der Waals surface area contributed by atoms with Gasteiger partial charge in [0.2, 0.25) is 0 Å². The van der Waals surface area contributed by atoms with E-state index in [0.717, 1.165) is 33.1 Å². The van der Waals surface area contributed by atoms with Crippen molar-refractivity contribution >= 4 is 89.7 Å². The van der Waals surface area contributed by atoms with Crippen LogP contribution < -0.4 is 0 Å². The zero-order valence-corrected chi connectivity index (χ0v) is 13.7. The number of rotatable bonds is 4. The van der Waals surface area contributed by atoms with Crippen molar-refractivity contribution in [2.24, 2.45) is 0 Å². The number of benzene rings is 1. The van der Waals surface area contributed by atoms with E-state index in [2.05, 4.69) is 0 Å². The summed E-state index contributed by atoms with van der Waals surface area (Å²) in [6.45, 7) is 0. The average Bonchev–Trinajstić information content (AvgIpc) is 2.28. The fraction of sp³-hybridized carbons (Fsp3) is 0.250. The molecule has 0 atom stereocenters. The molecule has 0 spiro atoms. The lowest BCUT2D eigenvalue weighted by molar-refractivity contribution is 1.29. The van der Waals surface area contributed by atoms with E-state index in [-0.39, 0.29) is 10.0 Å². The molecule has 0 nitrogen and oxygen atoms in total. The Balaban J connectivity index is 3.42. The predicted molar refractivity (Wildman–Crippen MR) is 80.8 cm³/mol. The molecule has 1 aromatic rings. The lowest BCUT2D eigenvalue weighted by Gasteiger charge is -2.14. The van der Waals surface area contributed by atoms with Crippen molar-refractivity contribution in [1.82, 2.24) is 0 Å². The predicted octanol–water partition coefficient (Wildman–Crippen LogP) is 7.07. The summed E-state index contributed by atoms with van der Waals surface area (Å²) in [5.74, 6) is 0.980.